The fourth-order valence-corrected chi connectivity index (χ4v) is 7.18. The molecule has 0 spiro atoms. The maximum absolute atomic E-state index is 12.6. The van der Waals surface area contributed by atoms with Gasteiger partial charge in [-0.2, -0.15) is 0 Å². The first kappa shape index (κ1) is 61.8. The molecule has 0 saturated carbocycles. The topological polar surface area (TPSA) is 102 Å². The number of para-hydroxylation sites is 2. The van der Waals surface area contributed by atoms with Crippen molar-refractivity contribution in [3.05, 3.63) is 140 Å². The van der Waals surface area contributed by atoms with Gasteiger partial charge in [0.05, 0.1) is 10.8 Å². The number of halogens is 2. The number of thioether (sulfide) groups is 1. The van der Waals surface area contributed by atoms with Crippen molar-refractivity contribution in [2.45, 2.75) is 95.0 Å². The van der Waals surface area contributed by atoms with E-state index in [1.165, 1.54) is 39.6 Å². The molecule has 0 aliphatic carbocycles. The summed E-state index contributed by atoms with van der Waals surface area (Å²) in [4.78, 5) is 39.3. The molecule has 0 bridgehead atoms. The van der Waals surface area contributed by atoms with Crippen LogP contribution in [0.2, 0.25) is 0 Å². The van der Waals surface area contributed by atoms with Gasteiger partial charge in [0, 0.05) is 43.1 Å². The normalized spacial score (nSPS) is 11.3. The Morgan fingerprint density at radius 3 is 1.65 bits per heavy atom. The molecule has 5 heterocycles. The Kier molecular flexibility index (Phi) is 34.1. The SMILES string of the molecule is C.C.C.C.Cc1ccc(=S)[nH]c1.Cc1ccc(Br)nc1.Cc1ccc(SCC(=O)N2CCCc3cccc(C)c32)nc1.Cc1cccc2c1N(C(=O)CCl)CCC2.OS.[H-].[Na+]. The minimum Gasteiger partial charge on any atom is -1.00 e. The second-order valence-corrected chi connectivity index (χ2v) is 15.5. The molecular formula is C46H66BrClN5NaO3S3. The Bertz CT molecular complexity index is 2010. The number of hydrogen-bond donors (Lipinski definition) is 3. The summed E-state index contributed by atoms with van der Waals surface area (Å²) in [5.74, 6) is 0.673. The van der Waals surface area contributed by atoms with E-state index >= 15 is 0 Å². The Hall–Kier alpha value is -2.52. The molecule has 2 aliphatic rings. The number of fused-ring (bicyclic) bond motifs is 2. The molecule has 2 aliphatic heterocycles. The van der Waals surface area contributed by atoms with Crippen LogP contribution < -0.4 is 39.4 Å². The number of carbonyl (C=O) groups excluding carboxylic acids is 2. The number of hydrogen-bond acceptors (Lipinski definition) is 8. The van der Waals surface area contributed by atoms with E-state index in [1.54, 1.807) is 0 Å². The summed E-state index contributed by atoms with van der Waals surface area (Å²) in [5.41, 5.74) is 10.6. The predicted molar refractivity (Wildman–Crippen MR) is 267 cm³/mol. The first-order valence-electron chi connectivity index (χ1n) is 17.8. The van der Waals surface area contributed by atoms with Crippen molar-refractivity contribution < 1.29 is 45.1 Å². The summed E-state index contributed by atoms with van der Waals surface area (Å²) in [5, 5.41) is 0.904. The van der Waals surface area contributed by atoms with Gasteiger partial charge < -0.3 is 20.8 Å². The summed E-state index contributed by atoms with van der Waals surface area (Å²) in [6, 6.07) is 24.3. The maximum Gasteiger partial charge on any atom is 1.00 e. The number of aryl methyl sites for hydroxylation is 7. The fourth-order valence-electron chi connectivity index (χ4n) is 5.96. The number of alkyl halides is 1. The number of thiol groups is 1. The Balaban J connectivity index is -0.000000365. The van der Waals surface area contributed by atoms with E-state index in [1.807, 2.05) is 105 Å². The molecule has 326 valence electrons. The predicted octanol–water partition coefficient (Wildman–Crippen LogP) is 10.5. The van der Waals surface area contributed by atoms with Gasteiger partial charge in [0.25, 0.3) is 0 Å². The van der Waals surface area contributed by atoms with Crippen molar-refractivity contribution in [1.82, 2.24) is 15.0 Å². The van der Waals surface area contributed by atoms with Gasteiger partial charge in [-0.25, -0.2) is 9.97 Å². The quantitative estimate of drug-likeness (QED) is 0.0314. The largest absolute Gasteiger partial charge is 1.00 e. The molecule has 0 saturated heterocycles. The van der Waals surface area contributed by atoms with E-state index < -0.39 is 0 Å². The van der Waals surface area contributed by atoms with Gasteiger partial charge in [0.1, 0.15) is 15.1 Å². The molecule has 0 unspecified atom stereocenters. The van der Waals surface area contributed by atoms with Crippen LogP contribution in [0.15, 0.2) is 101 Å². The van der Waals surface area contributed by atoms with E-state index in [2.05, 4.69) is 75.0 Å². The summed E-state index contributed by atoms with van der Waals surface area (Å²) >= 11 is 17.7. The van der Waals surface area contributed by atoms with Gasteiger partial charge >= 0.3 is 29.6 Å². The molecule has 60 heavy (non-hydrogen) atoms. The van der Waals surface area contributed by atoms with Crippen LogP contribution in [0.1, 0.15) is 82.9 Å². The molecule has 5 aromatic rings. The van der Waals surface area contributed by atoms with E-state index in [0.717, 1.165) is 75.5 Å². The van der Waals surface area contributed by atoms with Crippen LogP contribution in [0.3, 0.4) is 0 Å². The molecule has 2 N–H and O–H groups in total. The number of nitrogens with one attached hydrogen (secondary N) is 1. The van der Waals surface area contributed by atoms with Crippen LogP contribution in [0.4, 0.5) is 11.4 Å². The van der Waals surface area contributed by atoms with Crippen molar-refractivity contribution in [3.8, 4) is 0 Å². The van der Waals surface area contributed by atoms with E-state index in [9.17, 15) is 9.59 Å². The third kappa shape index (κ3) is 20.1. The van der Waals surface area contributed by atoms with Gasteiger partial charge in [-0.05, 0) is 146 Å². The minimum atomic E-state index is 0. The van der Waals surface area contributed by atoms with Crippen LogP contribution >= 0.6 is 64.4 Å². The Morgan fingerprint density at radius 2 is 1.25 bits per heavy atom. The molecule has 14 heteroatoms. The number of aromatic amines is 1. The maximum atomic E-state index is 12.6. The van der Waals surface area contributed by atoms with E-state index in [4.69, 9.17) is 28.4 Å². The second-order valence-electron chi connectivity index (χ2n) is 12.9. The molecular weight excluding hydrogens is 905 g/mol. The van der Waals surface area contributed by atoms with E-state index in [-0.39, 0.29) is 78.4 Å². The fraction of sp³-hybridized carbons (Fsp3) is 0.370. The first-order chi connectivity index (χ1) is 26.5. The van der Waals surface area contributed by atoms with Gasteiger partial charge in [0.2, 0.25) is 11.8 Å². The molecule has 0 fully saturated rings. The van der Waals surface area contributed by atoms with Gasteiger partial charge in [-0.3, -0.25) is 9.59 Å². The molecule has 0 atom stereocenters. The van der Waals surface area contributed by atoms with Crippen molar-refractivity contribution in [1.29, 1.82) is 0 Å². The number of carbonyl (C=O) groups is 2. The smallest absolute Gasteiger partial charge is 1.00 e. The van der Waals surface area contributed by atoms with Crippen LogP contribution in [0.25, 0.3) is 0 Å². The number of amides is 2. The molecule has 3 aromatic heterocycles. The average molecular weight is 972 g/mol. The molecule has 8 nitrogen and oxygen atoms in total. The van der Waals surface area contributed by atoms with Crippen molar-refractivity contribution in [2.75, 3.05) is 34.5 Å². The number of benzene rings is 2. The average Bonchev–Trinajstić information content (AvgIpc) is 3.21. The van der Waals surface area contributed by atoms with Crippen molar-refractivity contribution in [2.24, 2.45) is 0 Å². The number of H-pyrrole nitrogens is 1. The molecule has 7 rings (SSSR count). The third-order valence-corrected chi connectivity index (χ3v) is 10.5. The van der Waals surface area contributed by atoms with Gasteiger partial charge in [-0.15, -0.1) is 11.6 Å². The van der Waals surface area contributed by atoms with Gasteiger partial charge in [-0.1, -0.05) is 108 Å². The van der Waals surface area contributed by atoms with Crippen LogP contribution in [0, 0.1) is 39.3 Å². The van der Waals surface area contributed by atoms with E-state index in [0.29, 0.717) is 5.75 Å². The zero-order valence-corrected chi connectivity index (χ0v) is 39.8. The Labute approximate surface area is 413 Å². The zero-order chi connectivity index (χ0) is 40.3. The van der Waals surface area contributed by atoms with Crippen molar-refractivity contribution in [3.63, 3.8) is 0 Å². The second kappa shape index (κ2) is 33.1. The number of pyridine rings is 3. The summed E-state index contributed by atoms with van der Waals surface area (Å²) < 4.78 is 8.37. The molecule has 0 radical (unpaired) electrons. The summed E-state index contributed by atoms with van der Waals surface area (Å²) in [6.07, 6.45) is 9.74. The van der Waals surface area contributed by atoms with Crippen molar-refractivity contribution >= 4 is 87.6 Å². The Morgan fingerprint density at radius 1 is 0.767 bits per heavy atom. The number of aromatic nitrogens is 3. The first-order valence-corrected chi connectivity index (χ1v) is 20.9. The zero-order valence-electron chi connectivity index (χ0n) is 33.9. The third-order valence-electron chi connectivity index (χ3n) is 8.60. The molecule has 2 aromatic carbocycles. The minimum absolute atomic E-state index is 0. The summed E-state index contributed by atoms with van der Waals surface area (Å²) in [7, 11) is 0. The number of nitrogens with zero attached hydrogens (tertiary/aromatic N) is 4. The van der Waals surface area contributed by atoms with Crippen LogP contribution in [-0.4, -0.2) is 56.0 Å². The van der Waals surface area contributed by atoms with Crippen LogP contribution in [0.5, 0.6) is 0 Å². The number of rotatable bonds is 4. The summed E-state index contributed by atoms with van der Waals surface area (Å²) in [6.45, 7) is 11.8. The van der Waals surface area contributed by atoms with Gasteiger partial charge in [0.15, 0.2) is 0 Å². The number of anilines is 2. The standard InChI is InChI=1S/C18H20N2OS.C12H14ClNO.C6H6BrN.C6H7NS.4CH4.Na.H2OS.H/c1-13-8-9-16(19-11-13)22-12-17(21)20-10-4-7-15-6-3-5-14(2)18(15)20;1-9-4-2-5-10-6-3-7-14(12(9)10)11(15)8-13;1-5-2-3-6(7)8-4-5;1-5-2-3-6(8)7-4-5;;;;;;1-2;/h3,5-6,8-9,11H,4,7,10,12H2,1-2H3;2,4-5H,3,6-8H2,1H3;2-4H,1H3;2-4H,1H3,(H,7,8);4*1H4;;1-2H;/q;;;;;;;;+1;;-1. The molecule has 2 amide bonds. The monoisotopic (exact) mass is 969 g/mol. The van der Waals surface area contributed by atoms with Crippen LogP contribution in [-0.2, 0) is 22.4 Å².